The number of aromatic hydroxyl groups is 2. The second-order valence-corrected chi connectivity index (χ2v) is 7.19. The van der Waals surface area contributed by atoms with Gasteiger partial charge in [-0.25, -0.2) is 0 Å². The Labute approximate surface area is 172 Å². The molecule has 0 atom stereocenters. The molecule has 0 unspecified atom stereocenters. The van der Waals surface area contributed by atoms with Crippen LogP contribution in [0, 0.1) is 0 Å². The molecule has 0 saturated carbocycles. The van der Waals surface area contributed by atoms with Gasteiger partial charge in [-0.3, -0.25) is 0 Å². The molecule has 0 aliphatic carbocycles. The van der Waals surface area contributed by atoms with Gasteiger partial charge in [0, 0.05) is 10.8 Å². The smallest absolute Gasteiger partial charge is 0.123 e. The van der Waals surface area contributed by atoms with Crippen LogP contribution in [0.25, 0.3) is 32.3 Å². The Bertz CT molecular complexity index is 1190. The largest absolute Gasteiger partial charge is 0.508 e. The van der Waals surface area contributed by atoms with E-state index in [0.29, 0.717) is 17.4 Å². The number of hydrogen-bond acceptors (Lipinski definition) is 2. The van der Waals surface area contributed by atoms with Crippen molar-refractivity contribution in [2.75, 3.05) is 0 Å². The Hall–Kier alpha value is -3.26. The molecule has 2 nitrogen and oxygen atoms in total. The fourth-order valence-corrected chi connectivity index (χ4v) is 3.58. The normalized spacial score (nSPS) is 10.7. The number of benzene rings is 5. The minimum absolute atomic E-state index is 0.337. The van der Waals surface area contributed by atoms with Crippen LogP contribution >= 0.6 is 0 Å². The van der Waals surface area contributed by atoms with Gasteiger partial charge in [-0.15, -0.1) is 0 Å². The lowest BCUT2D eigenvalue weighted by atomic mass is 9.94. The summed E-state index contributed by atoms with van der Waals surface area (Å²) in [6.45, 7) is 8.26. The van der Waals surface area contributed by atoms with Crippen molar-refractivity contribution in [1.82, 2.24) is 0 Å². The highest BCUT2D eigenvalue weighted by Crippen LogP contribution is 2.37. The quantitative estimate of drug-likeness (QED) is 0.289. The molecule has 148 valence electrons. The molecule has 0 aromatic heterocycles. The van der Waals surface area contributed by atoms with Crippen molar-refractivity contribution in [2.45, 2.75) is 33.6 Å². The molecule has 0 saturated heterocycles. The molecule has 0 bridgehead atoms. The molecule has 0 aliphatic heterocycles. The molecule has 0 amide bonds. The van der Waals surface area contributed by atoms with Gasteiger partial charge in [0.25, 0.3) is 0 Å². The molecular formula is C27H28O2. The standard InChI is InChI=1S/C16H10O.C9H12O.C2H6/c17-14-9-7-12-5-4-10-2-1-3-11-6-8-13(14)16(12)15(10)11;1-7(2)8-3-5-9(10)6-4-8;1-2/h1-9,17H;3-7,10H,1-2H3;1-2H3. The zero-order valence-electron chi connectivity index (χ0n) is 17.5. The van der Waals surface area contributed by atoms with Crippen molar-refractivity contribution in [3.05, 3.63) is 84.4 Å². The predicted molar refractivity (Wildman–Crippen MR) is 125 cm³/mol. The van der Waals surface area contributed by atoms with Crippen LogP contribution in [-0.4, -0.2) is 10.2 Å². The lowest BCUT2D eigenvalue weighted by Gasteiger charge is -2.11. The Balaban J connectivity index is 0.000000173. The van der Waals surface area contributed by atoms with Crippen LogP contribution in [0.15, 0.2) is 78.9 Å². The highest BCUT2D eigenvalue weighted by atomic mass is 16.3. The summed E-state index contributed by atoms with van der Waals surface area (Å²) in [7, 11) is 0. The van der Waals surface area contributed by atoms with Gasteiger partial charge in [0.1, 0.15) is 11.5 Å². The fourth-order valence-electron chi connectivity index (χ4n) is 3.58. The van der Waals surface area contributed by atoms with E-state index < -0.39 is 0 Å². The maximum Gasteiger partial charge on any atom is 0.123 e. The van der Waals surface area contributed by atoms with Crippen molar-refractivity contribution in [2.24, 2.45) is 0 Å². The van der Waals surface area contributed by atoms with Crippen molar-refractivity contribution >= 4 is 32.3 Å². The predicted octanol–water partition coefficient (Wildman–Crippen LogP) is 7.83. The van der Waals surface area contributed by atoms with Crippen LogP contribution in [0.2, 0.25) is 0 Å². The first kappa shape index (κ1) is 20.5. The number of hydrogen-bond donors (Lipinski definition) is 2. The zero-order chi connectivity index (χ0) is 21.0. The second-order valence-electron chi connectivity index (χ2n) is 7.19. The molecule has 0 radical (unpaired) electrons. The van der Waals surface area contributed by atoms with Crippen molar-refractivity contribution in [1.29, 1.82) is 0 Å². The summed E-state index contributed by atoms with van der Waals surface area (Å²) in [6, 6.07) is 25.7. The minimum Gasteiger partial charge on any atom is -0.508 e. The van der Waals surface area contributed by atoms with E-state index in [2.05, 4.69) is 50.2 Å². The van der Waals surface area contributed by atoms with Crippen LogP contribution in [0.4, 0.5) is 0 Å². The second kappa shape index (κ2) is 8.83. The highest BCUT2D eigenvalue weighted by molar-refractivity contribution is 6.23. The van der Waals surface area contributed by atoms with Gasteiger partial charge in [0.05, 0.1) is 0 Å². The maximum atomic E-state index is 9.95. The number of phenols is 2. The van der Waals surface area contributed by atoms with Gasteiger partial charge in [0.2, 0.25) is 0 Å². The van der Waals surface area contributed by atoms with E-state index in [-0.39, 0.29) is 0 Å². The van der Waals surface area contributed by atoms with Crippen LogP contribution < -0.4 is 0 Å². The van der Waals surface area contributed by atoms with E-state index in [9.17, 15) is 5.11 Å². The molecule has 2 heteroatoms. The van der Waals surface area contributed by atoms with Crippen LogP contribution in [-0.2, 0) is 0 Å². The van der Waals surface area contributed by atoms with Gasteiger partial charge in [-0.05, 0) is 51.2 Å². The summed E-state index contributed by atoms with van der Waals surface area (Å²) in [6.07, 6.45) is 0. The molecule has 5 rings (SSSR count). The molecule has 29 heavy (non-hydrogen) atoms. The van der Waals surface area contributed by atoms with Crippen molar-refractivity contribution in [3.63, 3.8) is 0 Å². The average Bonchev–Trinajstić information content (AvgIpc) is 2.75. The molecular weight excluding hydrogens is 356 g/mol. The third-order valence-electron chi connectivity index (χ3n) is 5.07. The molecule has 5 aromatic carbocycles. The lowest BCUT2D eigenvalue weighted by molar-refractivity contribution is 0.475. The van der Waals surface area contributed by atoms with E-state index >= 15 is 0 Å². The third-order valence-corrected chi connectivity index (χ3v) is 5.07. The maximum absolute atomic E-state index is 9.95. The molecule has 0 heterocycles. The van der Waals surface area contributed by atoms with Crippen molar-refractivity contribution in [3.8, 4) is 11.5 Å². The monoisotopic (exact) mass is 384 g/mol. The summed E-state index contributed by atoms with van der Waals surface area (Å²) in [5.74, 6) is 1.24. The molecule has 2 N–H and O–H groups in total. The van der Waals surface area contributed by atoms with E-state index in [4.69, 9.17) is 5.11 Å². The van der Waals surface area contributed by atoms with E-state index in [0.717, 1.165) is 5.39 Å². The first-order chi connectivity index (χ1) is 14.0. The Morgan fingerprint density at radius 3 is 1.69 bits per heavy atom. The molecule has 0 spiro atoms. The molecule has 0 aliphatic rings. The van der Waals surface area contributed by atoms with Crippen LogP contribution in [0.1, 0.15) is 39.2 Å². The summed E-state index contributed by atoms with van der Waals surface area (Å²) in [5, 5.41) is 25.9. The van der Waals surface area contributed by atoms with Gasteiger partial charge < -0.3 is 10.2 Å². The Morgan fingerprint density at radius 1 is 0.586 bits per heavy atom. The summed E-state index contributed by atoms with van der Waals surface area (Å²) >= 11 is 0. The van der Waals surface area contributed by atoms with Crippen molar-refractivity contribution < 1.29 is 10.2 Å². The zero-order valence-corrected chi connectivity index (χ0v) is 17.5. The average molecular weight is 385 g/mol. The van der Waals surface area contributed by atoms with E-state index in [1.54, 1.807) is 18.2 Å². The van der Waals surface area contributed by atoms with Gasteiger partial charge >= 0.3 is 0 Å². The minimum atomic E-state index is 0.337. The SMILES string of the molecule is CC.CC(C)c1ccc(O)cc1.Oc1ccc2ccc3cccc4ccc1c2c34. The summed E-state index contributed by atoms with van der Waals surface area (Å²) in [4.78, 5) is 0. The topological polar surface area (TPSA) is 40.5 Å². The first-order valence-corrected chi connectivity index (χ1v) is 10.2. The summed E-state index contributed by atoms with van der Waals surface area (Å²) < 4.78 is 0. The van der Waals surface area contributed by atoms with E-state index in [1.807, 2.05) is 38.1 Å². The molecule has 5 aromatic rings. The van der Waals surface area contributed by atoms with Gasteiger partial charge in [-0.1, -0.05) is 88.4 Å². The van der Waals surface area contributed by atoms with Crippen LogP contribution in [0.3, 0.4) is 0 Å². The number of phenolic OH excluding ortho intramolecular Hbond substituents is 2. The van der Waals surface area contributed by atoms with E-state index in [1.165, 1.54) is 32.5 Å². The highest BCUT2D eigenvalue weighted by Gasteiger charge is 2.09. The fraction of sp³-hybridized carbons (Fsp3) is 0.185. The van der Waals surface area contributed by atoms with Gasteiger partial charge in [0.15, 0.2) is 0 Å². The summed E-state index contributed by atoms with van der Waals surface area (Å²) in [5.41, 5.74) is 1.26. The first-order valence-electron chi connectivity index (χ1n) is 10.2. The Kier molecular flexibility index (Phi) is 6.23. The third kappa shape index (κ3) is 4.12. The molecule has 0 fully saturated rings. The number of rotatable bonds is 1. The van der Waals surface area contributed by atoms with Gasteiger partial charge in [-0.2, -0.15) is 0 Å². The van der Waals surface area contributed by atoms with Crippen LogP contribution in [0.5, 0.6) is 11.5 Å². The lowest BCUT2D eigenvalue weighted by Crippen LogP contribution is -1.84. The Morgan fingerprint density at radius 2 is 1.10 bits per heavy atom.